The van der Waals surface area contributed by atoms with Crippen LogP contribution in [-0.4, -0.2) is 50.1 Å². The van der Waals surface area contributed by atoms with Gasteiger partial charge in [-0.25, -0.2) is 4.98 Å². The number of hydrogen-bond donors (Lipinski definition) is 0. The van der Waals surface area contributed by atoms with Gasteiger partial charge in [-0.2, -0.15) is 0 Å². The summed E-state index contributed by atoms with van der Waals surface area (Å²) in [4.78, 5) is 32.3. The van der Waals surface area contributed by atoms with Crippen LogP contribution in [0.2, 0.25) is 0 Å². The monoisotopic (exact) mass is 354 g/mol. The molecule has 3 aromatic rings. The Labute approximate surface area is 150 Å². The molecular formula is C19H22N4O3. The minimum Gasteiger partial charge on any atom is -0.372 e. The normalized spacial score (nSPS) is 20.8. The lowest BCUT2D eigenvalue weighted by molar-refractivity contribution is -0.0588. The van der Waals surface area contributed by atoms with E-state index in [4.69, 9.17) is 4.74 Å². The Morgan fingerprint density at radius 2 is 1.92 bits per heavy atom. The lowest BCUT2D eigenvalue weighted by Gasteiger charge is -2.35. The Hall–Kier alpha value is -2.67. The van der Waals surface area contributed by atoms with Gasteiger partial charge in [-0.15, -0.1) is 0 Å². The highest BCUT2D eigenvalue weighted by Crippen LogP contribution is 2.19. The van der Waals surface area contributed by atoms with Crippen LogP contribution in [0.15, 0.2) is 29.2 Å². The fraction of sp³-hybridized carbons (Fsp3) is 0.421. The first-order valence-electron chi connectivity index (χ1n) is 8.78. The van der Waals surface area contributed by atoms with E-state index >= 15 is 0 Å². The van der Waals surface area contributed by atoms with E-state index in [1.807, 2.05) is 32.9 Å². The van der Waals surface area contributed by atoms with Gasteiger partial charge in [-0.05, 0) is 38.5 Å². The van der Waals surface area contributed by atoms with Crippen molar-refractivity contribution in [1.82, 2.24) is 18.9 Å². The van der Waals surface area contributed by atoms with Gasteiger partial charge in [0.25, 0.3) is 11.5 Å². The summed E-state index contributed by atoms with van der Waals surface area (Å²) in [5.74, 6) is -0.0999. The van der Waals surface area contributed by atoms with E-state index in [1.54, 1.807) is 28.8 Å². The standard InChI is InChI=1S/C19H22N4O3/c1-11-5-6-16-20-17-14(18(24)23(16)8-11)7-15(21(17)4)19(25)22-9-12(2)26-13(3)10-22/h5-8,12-13H,9-10H2,1-4H3/t12-,13-/m1/s1. The fourth-order valence-corrected chi connectivity index (χ4v) is 3.69. The molecule has 0 spiro atoms. The molecule has 1 amide bonds. The molecule has 1 aliphatic rings. The number of aromatic nitrogens is 3. The number of ether oxygens (including phenoxy) is 1. The Morgan fingerprint density at radius 3 is 2.62 bits per heavy atom. The maximum atomic E-state index is 13.1. The van der Waals surface area contributed by atoms with E-state index in [2.05, 4.69) is 4.98 Å². The average Bonchev–Trinajstić information content (AvgIpc) is 2.91. The van der Waals surface area contributed by atoms with Gasteiger partial charge >= 0.3 is 0 Å². The molecule has 0 aromatic carbocycles. The molecular weight excluding hydrogens is 332 g/mol. The molecule has 2 atom stereocenters. The number of aryl methyl sites for hydroxylation is 2. The van der Waals surface area contributed by atoms with Gasteiger partial charge in [0, 0.05) is 26.3 Å². The molecule has 0 bridgehead atoms. The van der Waals surface area contributed by atoms with Gasteiger partial charge in [0.2, 0.25) is 0 Å². The van der Waals surface area contributed by atoms with Crippen molar-refractivity contribution in [3.05, 3.63) is 46.0 Å². The summed E-state index contributed by atoms with van der Waals surface area (Å²) in [7, 11) is 1.78. The molecule has 0 aliphatic carbocycles. The van der Waals surface area contributed by atoms with Gasteiger partial charge in [0.05, 0.1) is 17.6 Å². The number of nitrogens with zero attached hydrogens (tertiary/aromatic N) is 4. The zero-order chi connectivity index (χ0) is 18.6. The summed E-state index contributed by atoms with van der Waals surface area (Å²) in [6.45, 7) is 6.92. The first-order chi connectivity index (χ1) is 12.3. The Bertz CT molecular complexity index is 1070. The summed E-state index contributed by atoms with van der Waals surface area (Å²) in [6.07, 6.45) is 1.75. The zero-order valence-electron chi connectivity index (χ0n) is 15.4. The predicted molar refractivity (Wildman–Crippen MR) is 98.6 cm³/mol. The van der Waals surface area contributed by atoms with E-state index in [0.29, 0.717) is 35.5 Å². The van der Waals surface area contributed by atoms with E-state index in [-0.39, 0.29) is 23.7 Å². The van der Waals surface area contributed by atoms with Crippen LogP contribution in [0.25, 0.3) is 16.7 Å². The molecule has 7 heteroatoms. The highest BCUT2D eigenvalue weighted by molar-refractivity contribution is 5.98. The fourth-order valence-electron chi connectivity index (χ4n) is 3.69. The Kier molecular flexibility index (Phi) is 3.84. The maximum absolute atomic E-state index is 13.1. The first-order valence-corrected chi connectivity index (χ1v) is 8.78. The summed E-state index contributed by atoms with van der Waals surface area (Å²) >= 11 is 0. The van der Waals surface area contributed by atoms with Crippen LogP contribution in [0.4, 0.5) is 0 Å². The highest BCUT2D eigenvalue weighted by atomic mass is 16.5. The largest absolute Gasteiger partial charge is 0.372 e. The van der Waals surface area contributed by atoms with E-state index in [9.17, 15) is 9.59 Å². The number of carbonyl (C=O) groups is 1. The van der Waals surface area contributed by atoms with Gasteiger partial charge in [0.15, 0.2) is 0 Å². The molecule has 3 aromatic heterocycles. The van der Waals surface area contributed by atoms with E-state index in [1.165, 1.54) is 4.40 Å². The number of amides is 1. The lowest BCUT2D eigenvalue weighted by Crippen LogP contribution is -2.48. The van der Waals surface area contributed by atoms with Crippen molar-refractivity contribution in [2.75, 3.05) is 13.1 Å². The Morgan fingerprint density at radius 1 is 1.23 bits per heavy atom. The summed E-state index contributed by atoms with van der Waals surface area (Å²) in [5.41, 5.74) is 2.38. The van der Waals surface area contributed by atoms with Crippen molar-refractivity contribution in [2.24, 2.45) is 7.05 Å². The second-order valence-corrected chi connectivity index (χ2v) is 7.14. The number of hydrogen-bond acceptors (Lipinski definition) is 4. The van der Waals surface area contributed by atoms with Crippen LogP contribution in [0.5, 0.6) is 0 Å². The van der Waals surface area contributed by atoms with E-state index in [0.717, 1.165) is 5.56 Å². The van der Waals surface area contributed by atoms with Crippen molar-refractivity contribution in [3.8, 4) is 0 Å². The molecule has 136 valence electrons. The third-order valence-corrected chi connectivity index (χ3v) is 4.87. The number of pyridine rings is 1. The highest BCUT2D eigenvalue weighted by Gasteiger charge is 2.29. The van der Waals surface area contributed by atoms with Gasteiger partial charge in [-0.3, -0.25) is 14.0 Å². The van der Waals surface area contributed by atoms with Crippen LogP contribution in [0.1, 0.15) is 29.9 Å². The molecule has 26 heavy (non-hydrogen) atoms. The maximum Gasteiger partial charge on any atom is 0.270 e. The van der Waals surface area contributed by atoms with Gasteiger partial charge in [0.1, 0.15) is 17.0 Å². The quantitative estimate of drug-likeness (QED) is 0.668. The molecule has 4 heterocycles. The second-order valence-electron chi connectivity index (χ2n) is 7.14. The molecule has 0 N–H and O–H groups in total. The molecule has 7 nitrogen and oxygen atoms in total. The van der Waals surface area contributed by atoms with Crippen molar-refractivity contribution < 1.29 is 9.53 Å². The third kappa shape index (κ3) is 2.59. The molecule has 0 saturated carbocycles. The molecule has 4 rings (SSSR count). The minimum atomic E-state index is -0.160. The average molecular weight is 354 g/mol. The van der Waals surface area contributed by atoms with E-state index < -0.39 is 0 Å². The molecule has 0 unspecified atom stereocenters. The Balaban J connectivity index is 1.85. The number of morpholine rings is 1. The molecule has 1 saturated heterocycles. The zero-order valence-corrected chi connectivity index (χ0v) is 15.4. The summed E-state index contributed by atoms with van der Waals surface area (Å²) in [6, 6.07) is 5.39. The summed E-state index contributed by atoms with van der Waals surface area (Å²) in [5, 5.41) is 0.452. The predicted octanol–water partition coefficient (Wildman–Crippen LogP) is 1.74. The third-order valence-electron chi connectivity index (χ3n) is 4.87. The lowest BCUT2D eigenvalue weighted by atomic mass is 10.2. The number of carbonyl (C=O) groups excluding carboxylic acids is 1. The SMILES string of the molecule is Cc1ccc2nc3c(cc(C(=O)N4C[C@@H](C)O[C@H](C)C4)n3C)c(=O)n2c1. The van der Waals surface area contributed by atoms with Crippen molar-refractivity contribution in [1.29, 1.82) is 0 Å². The summed E-state index contributed by atoms with van der Waals surface area (Å²) < 4.78 is 8.95. The van der Waals surface area contributed by atoms with Crippen LogP contribution in [0.3, 0.4) is 0 Å². The number of fused-ring (bicyclic) bond motifs is 2. The van der Waals surface area contributed by atoms with Crippen LogP contribution >= 0.6 is 0 Å². The molecule has 0 radical (unpaired) electrons. The van der Waals surface area contributed by atoms with Gasteiger partial charge in [-0.1, -0.05) is 6.07 Å². The molecule has 1 fully saturated rings. The van der Waals surface area contributed by atoms with Crippen LogP contribution in [-0.2, 0) is 11.8 Å². The van der Waals surface area contributed by atoms with Crippen LogP contribution < -0.4 is 5.56 Å². The minimum absolute atomic E-state index is 0.00769. The number of rotatable bonds is 1. The smallest absolute Gasteiger partial charge is 0.270 e. The van der Waals surface area contributed by atoms with Crippen molar-refractivity contribution in [3.63, 3.8) is 0 Å². The molecule has 1 aliphatic heterocycles. The van der Waals surface area contributed by atoms with Crippen molar-refractivity contribution >= 4 is 22.6 Å². The topological polar surface area (TPSA) is 68.8 Å². The second kappa shape index (κ2) is 5.95. The van der Waals surface area contributed by atoms with Crippen LogP contribution in [0, 0.1) is 6.92 Å². The van der Waals surface area contributed by atoms with Gasteiger partial charge < -0.3 is 14.2 Å². The van der Waals surface area contributed by atoms with Crippen molar-refractivity contribution in [2.45, 2.75) is 33.0 Å². The first kappa shape index (κ1) is 16.8.